The molecule has 0 saturated carbocycles. The van der Waals surface area contributed by atoms with Crippen LogP contribution in [0.1, 0.15) is 33.6 Å². The number of aromatic carboxylic acids is 1. The molecule has 0 atom stereocenters. The van der Waals surface area contributed by atoms with Gasteiger partial charge in [-0.2, -0.15) is 0 Å². The number of hydrogen-bond acceptors (Lipinski definition) is 4. The van der Waals surface area contributed by atoms with Crippen molar-refractivity contribution in [3.8, 4) is 0 Å². The van der Waals surface area contributed by atoms with Gasteiger partial charge in [0.1, 0.15) is 5.82 Å². The Hall–Kier alpha value is -2.74. The molecule has 0 bridgehead atoms. The van der Waals surface area contributed by atoms with E-state index in [9.17, 15) is 18.8 Å². The van der Waals surface area contributed by atoms with Crippen molar-refractivity contribution in [2.24, 2.45) is 0 Å². The minimum Gasteiger partial charge on any atom is -0.478 e. The Balaban J connectivity index is 1.88. The molecule has 1 aromatic heterocycles. The van der Waals surface area contributed by atoms with E-state index < -0.39 is 17.7 Å². The number of anilines is 2. The molecule has 3 rings (SSSR count). The maximum atomic E-state index is 14.0. The first-order chi connectivity index (χ1) is 11.5. The number of carboxylic acid groups (broad SMARTS) is 1. The van der Waals surface area contributed by atoms with E-state index in [1.54, 1.807) is 0 Å². The number of benzene rings is 1. The molecule has 1 fully saturated rings. The third kappa shape index (κ3) is 3.00. The number of nitrogens with zero attached hydrogens (tertiary/aromatic N) is 1. The number of carboxylic acids is 1. The van der Waals surface area contributed by atoms with Crippen molar-refractivity contribution < 1.29 is 23.9 Å². The van der Waals surface area contributed by atoms with Crippen molar-refractivity contribution in [1.29, 1.82) is 0 Å². The molecule has 1 saturated heterocycles. The summed E-state index contributed by atoms with van der Waals surface area (Å²) in [6.07, 6.45) is 1.14. The molecule has 1 aliphatic heterocycles. The molecule has 0 radical (unpaired) electrons. The average Bonchev–Trinajstić information content (AvgIpc) is 3.16. The fourth-order valence-corrected chi connectivity index (χ4v) is 3.28. The molecule has 0 unspecified atom stereocenters. The molecule has 6 nitrogen and oxygen atoms in total. The van der Waals surface area contributed by atoms with Gasteiger partial charge < -0.3 is 15.3 Å². The van der Waals surface area contributed by atoms with Crippen LogP contribution in [0.2, 0.25) is 0 Å². The number of nitrogens with one attached hydrogen (secondary N) is 1. The van der Waals surface area contributed by atoms with E-state index in [0.717, 1.165) is 17.4 Å². The molecular weight excluding hydrogens is 335 g/mol. The summed E-state index contributed by atoms with van der Waals surface area (Å²) >= 11 is 1.12. The first-order valence-electron chi connectivity index (χ1n) is 7.18. The third-order valence-corrected chi connectivity index (χ3v) is 4.46. The molecule has 8 heteroatoms. The van der Waals surface area contributed by atoms with Crippen LogP contribution in [-0.2, 0) is 4.79 Å². The maximum Gasteiger partial charge on any atom is 0.338 e. The Bertz CT molecular complexity index is 833. The molecule has 0 spiro atoms. The Morgan fingerprint density at radius 1 is 1.25 bits per heavy atom. The Labute approximate surface area is 140 Å². The van der Waals surface area contributed by atoms with Crippen LogP contribution < -0.4 is 10.2 Å². The molecule has 1 aromatic carbocycles. The number of thiophene rings is 1. The van der Waals surface area contributed by atoms with E-state index in [1.165, 1.54) is 27.8 Å². The van der Waals surface area contributed by atoms with E-state index in [4.69, 9.17) is 5.11 Å². The summed E-state index contributed by atoms with van der Waals surface area (Å²) in [5.41, 5.74) is 0.266. The van der Waals surface area contributed by atoms with Gasteiger partial charge in [-0.1, -0.05) is 0 Å². The largest absolute Gasteiger partial charge is 0.478 e. The third-order valence-electron chi connectivity index (χ3n) is 3.72. The van der Waals surface area contributed by atoms with E-state index in [1.807, 2.05) is 0 Å². The standard InChI is InChI=1S/C16H13FN2O4S/c17-12-4-3-9(19-5-1-2-14(19)20)6-10(12)15(21)18-13-8-24-7-11(13)16(22)23/h3-4,6-8H,1-2,5H2,(H,18,21)(H,22,23). The van der Waals surface area contributed by atoms with Gasteiger partial charge in [0.15, 0.2) is 0 Å². The number of halogens is 1. The summed E-state index contributed by atoms with van der Waals surface area (Å²) in [4.78, 5) is 36.7. The lowest BCUT2D eigenvalue weighted by Gasteiger charge is -2.17. The molecule has 2 heterocycles. The highest BCUT2D eigenvalue weighted by Crippen LogP contribution is 2.26. The van der Waals surface area contributed by atoms with Gasteiger partial charge in [0.2, 0.25) is 5.91 Å². The molecule has 1 aliphatic rings. The van der Waals surface area contributed by atoms with Gasteiger partial charge in [0, 0.05) is 29.4 Å². The number of carbonyl (C=O) groups excluding carboxylic acids is 2. The predicted molar refractivity (Wildman–Crippen MR) is 87.2 cm³/mol. The number of hydrogen-bond donors (Lipinski definition) is 2. The van der Waals surface area contributed by atoms with Crippen molar-refractivity contribution in [3.63, 3.8) is 0 Å². The number of carbonyl (C=O) groups is 3. The van der Waals surface area contributed by atoms with Crippen LogP contribution >= 0.6 is 11.3 Å². The lowest BCUT2D eigenvalue weighted by atomic mass is 10.1. The topological polar surface area (TPSA) is 86.7 Å². The van der Waals surface area contributed by atoms with Crippen molar-refractivity contribution in [3.05, 3.63) is 45.9 Å². The summed E-state index contributed by atoms with van der Waals surface area (Å²) in [6, 6.07) is 3.88. The lowest BCUT2D eigenvalue weighted by molar-refractivity contribution is -0.117. The van der Waals surface area contributed by atoms with Crippen molar-refractivity contribution in [2.45, 2.75) is 12.8 Å². The molecule has 0 aliphatic carbocycles. The van der Waals surface area contributed by atoms with Crippen LogP contribution in [-0.4, -0.2) is 29.4 Å². The minimum atomic E-state index is -1.18. The zero-order valence-electron chi connectivity index (χ0n) is 12.4. The van der Waals surface area contributed by atoms with Gasteiger partial charge in [0.05, 0.1) is 16.8 Å². The Morgan fingerprint density at radius 2 is 2.04 bits per heavy atom. The lowest BCUT2D eigenvalue weighted by Crippen LogP contribution is -2.24. The van der Waals surface area contributed by atoms with E-state index in [0.29, 0.717) is 25.1 Å². The molecule has 2 aromatic rings. The van der Waals surface area contributed by atoms with Crippen LogP contribution in [0.15, 0.2) is 29.0 Å². The van der Waals surface area contributed by atoms with Crippen LogP contribution in [0.5, 0.6) is 0 Å². The van der Waals surface area contributed by atoms with Gasteiger partial charge in [-0.15, -0.1) is 11.3 Å². The van der Waals surface area contributed by atoms with Crippen LogP contribution in [0.25, 0.3) is 0 Å². The molecule has 2 amide bonds. The zero-order chi connectivity index (χ0) is 17.3. The van der Waals surface area contributed by atoms with Gasteiger partial charge in [-0.25, -0.2) is 9.18 Å². The summed E-state index contributed by atoms with van der Waals surface area (Å²) in [5, 5.41) is 14.3. The number of rotatable bonds is 4. The number of amides is 2. The fraction of sp³-hybridized carbons (Fsp3) is 0.188. The highest BCUT2D eigenvalue weighted by atomic mass is 32.1. The second-order valence-electron chi connectivity index (χ2n) is 5.27. The second-order valence-corrected chi connectivity index (χ2v) is 6.02. The normalized spacial score (nSPS) is 14.0. The van der Waals surface area contributed by atoms with Gasteiger partial charge in [-0.3, -0.25) is 9.59 Å². The highest BCUT2D eigenvalue weighted by Gasteiger charge is 2.24. The van der Waals surface area contributed by atoms with Crippen molar-refractivity contribution >= 4 is 40.5 Å². The van der Waals surface area contributed by atoms with Gasteiger partial charge in [-0.05, 0) is 24.6 Å². The Morgan fingerprint density at radius 3 is 2.71 bits per heavy atom. The summed E-state index contributed by atoms with van der Waals surface area (Å²) in [5.74, 6) is -2.75. The quantitative estimate of drug-likeness (QED) is 0.889. The zero-order valence-corrected chi connectivity index (χ0v) is 13.2. The first-order valence-corrected chi connectivity index (χ1v) is 8.12. The van der Waals surface area contributed by atoms with Gasteiger partial charge in [0.25, 0.3) is 5.91 Å². The van der Waals surface area contributed by atoms with Crippen LogP contribution in [0, 0.1) is 5.82 Å². The first kappa shape index (κ1) is 16.1. The molecule has 24 heavy (non-hydrogen) atoms. The Kier molecular flexibility index (Phi) is 4.30. The maximum absolute atomic E-state index is 14.0. The van der Waals surface area contributed by atoms with Crippen LogP contribution in [0.3, 0.4) is 0 Å². The van der Waals surface area contributed by atoms with Crippen LogP contribution in [0.4, 0.5) is 15.8 Å². The second kappa shape index (κ2) is 6.40. The molecule has 124 valence electrons. The van der Waals surface area contributed by atoms with Crippen molar-refractivity contribution in [2.75, 3.05) is 16.8 Å². The SMILES string of the molecule is O=C(Nc1cscc1C(=O)O)c1cc(N2CCCC2=O)ccc1F. The smallest absolute Gasteiger partial charge is 0.338 e. The molecule has 2 N–H and O–H groups in total. The van der Waals surface area contributed by atoms with Gasteiger partial charge >= 0.3 is 5.97 Å². The summed E-state index contributed by atoms with van der Waals surface area (Å²) in [7, 11) is 0. The summed E-state index contributed by atoms with van der Waals surface area (Å²) < 4.78 is 14.0. The fourth-order valence-electron chi connectivity index (χ4n) is 2.53. The van der Waals surface area contributed by atoms with E-state index >= 15 is 0 Å². The minimum absolute atomic E-state index is 0.0559. The monoisotopic (exact) mass is 348 g/mol. The predicted octanol–water partition coefficient (Wildman–Crippen LogP) is 2.96. The average molecular weight is 348 g/mol. The van der Waals surface area contributed by atoms with E-state index in [-0.39, 0.29) is 22.7 Å². The highest BCUT2D eigenvalue weighted by molar-refractivity contribution is 7.08. The van der Waals surface area contributed by atoms with E-state index in [2.05, 4.69) is 5.32 Å². The molecular formula is C16H13FN2O4S. The van der Waals surface area contributed by atoms with Crippen molar-refractivity contribution in [1.82, 2.24) is 0 Å². The summed E-state index contributed by atoms with van der Waals surface area (Å²) in [6.45, 7) is 0.527.